The minimum absolute atomic E-state index is 0.153. The highest BCUT2D eigenvalue weighted by Crippen LogP contribution is 2.35. The van der Waals surface area contributed by atoms with Gasteiger partial charge in [0.2, 0.25) is 11.9 Å². The van der Waals surface area contributed by atoms with Crippen molar-refractivity contribution in [2.24, 2.45) is 0 Å². The Hall–Kier alpha value is -3.00. The van der Waals surface area contributed by atoms with Crippen molar-refractivity contribution < 1.29 is 39.9 Å². The number of nitrogens with zero attached hydrogens (tertiary/aromatic N) is 3. The number of hydrogen-bond acceptors (Lipinski definition) is 5. The van der Waals surface area contributed by atoms with Gasteiger partial charge in [0.25, 0.3) is 5.56 Å². The second-order valence-corrected chi connectivity index (χ2v) is 5.80. The highest BCUT2D eigenvalue weighted by Gasteiger charge is 2.57. The molecule has 1 amide bonds. The Bertz CT molecular complexity index is 932. The SMILES string of the molecule is CN1C(=O)Cn2c1nc(C(F)(F)F)c(/C(C=N)=C/NCC(F)(F)C(F)(F)F)c2=O. The maximum Gasteiger partial charge on any atom is 0.455 e. The molecule has 15 heteroatoms. The summed E-state index contributed by atoms with van der Waals surface area (Å²) in [4.78, 5) is 28.1. The molecule has 160 valence electrons. The number of hydrogen-bond donors (Lipinski definition) is 2. The lowest BCUT2D eigenvalue weighted by Crippen LogP contribution is -2.44. The zero-order valence-corrected chi connectivity index (χ0v) is 14.3. The molecule has 0 aliphatic carbocycles. The fraction of sp³-hybridized carbons (Fsp3) is 0.429. The van der Waals surface area contributed by atoms with E-state index in [1.165, 1.54) is 5.32 Å². The molecule has 0 saturated heterocycles. The first-order valence-electron chi connectivity index (χ1n) is 7.49. The number of rotatable bonds is 5. The van der Waals surface area contributed by atoms with E-state index in [2.05, 4.69) is 4.98 Å². The average Bonchev–Trinajstić information content (AvgIpc) is 2.86. The van der Waals surface area contributed by atoms with Gasteiger partial charge >= 0.3 is 18.3 Å². The van der Waals surface area contributed by atoms with Gasteiger partial charge in [-0.3, -0.25) is 19.1 Å². The highest BCUT2D eigenvalue weighted by molar-refractivity contribution is 6.08. The lowest BCUT2D eigenvalue weighted by molar-refractivity contribution is -0.278. The van der Waals surface area contributed by atoms with Gasteiger partial charge in [0.1, 0.15) is 6.54 Å². The molecule has 0 radical (unpaired) electrons. The van der Waals surface area contributed by atoms with Crippen LogP contribution in [0.4, 0.5) is 41.1 Å². The van der Waals surface area contributed by atoms with E-state index >= 15 is 0 Å². The summed E-state index contributed by atoms with van der Waals surface area (Å²) in [7, 11) is 1.07. The zero-order valence-electron chi connectivity index (χ0n) is 14.3. The molecular formula is C14H11F8N5O2. The van der Waals surface area contributed by atoms with Crippen LogP contribution < -0.4 is 15.8 Å². The number of alkyl halides is 8. The first-order valence-corrected chi connectivity index (χ1v) is 7.49. The number of carbonyl (C=O) groups is 1. The summed E-state index contributed by atoms with van der Waals surface area (Å²) >= 11 is 0. The number of fused-ring (bicyclic) bond motifs is 1. The fourth-order valence-corrected chi connectivity index (χ4v) is 2.34. The molecule has 2 rings (SSSR count). The number of aromatic nitrogens is 2. The van der Waals surface area contributed by atoms with Gasteiger partial charge in [-0.05, 0) is 0 Å². The average molecular weight is 433 g/mol. The highest BCUT2D eigenvalue weighted by atomic mass is 19.4. The summed E-state index contributed by atoms with van der Waals surface area (Å²) in [5.41, 5.74) is -5.47. The number of nitrogens with one attached hydrogen (secondary N) is 2. The Balaban J connectivity index is 2.57. The van der Waals surface area contributed by atoms with Crippen molar-refractivity contribution in [1.29, 1.82) is 5.41 Å². The van der Waals surface area contributed by atoms with Crippen LogP contribution in [0.5, 0.6) is 0 Å². The van der Waals surface area contributed by atoms with Crippen molar-refractivity contribution >= 4 is 23.6 Å². The van der Waals surface area contributed by atoms with Gasteiger partial charge in [-0.25, -0.2) is 4.98 Å². The molecule has 1 aromatic heterocycles. The molecule has 1 aliphatic heterocycles. The van der Waals surface area contributed by atoms with Crippen molar-refractivity contribution in [1.82, 2.24) is 14.9 Å². The number of allylic oxidation sites excluding steroid dienone is 1. The van der Waals surface area contributed by atoms with Gasteiger partial charge < -0.3 is 10.7 Å². The van der Waals surface area contributed by atoms with E-state index in [1.54, 1.807) is 0 Å². The van der Waals surface area contributed by atoms with Gasteiger partial charge in [0, 0.05) is 25.0 Å². The maximum absolute atomic E-state index is 13.4. The topological polar surface area (TPSA) is 91.1 Å². The summed E-state index contributed by atoms with van der Waals surface area (Å²) < 4.78 is 103. The molecule has 0 atom stereocenters. The molecule has 0 fully saturated rings. The van der Waals surface area contributed by atoms with Crippen molar-refractivity contribution in [2.45, 2.75) is 24.8 Å². The number of likely N-dealkylation sites (N-methyl/N-ethyl adjacent to an activating group) is 1. The van der Waals surface area contributed by atoms with Crippen molar-refractivity contribution in [3.63, 3.8) is 0 Å². The van der Waals surface area contributed by atoms with E-state index in [9.17, 15) is 44.7 Å². The van der Waals surface area contributed by atoms with E-state index in [0.717, 1.165) is 7.05 Å². The third-order valence-electron chi connectivity index (χ3n) is 3.83. The van der Waals surface area contributed by atoms with Crippen molar-refractivity contribution in [3.8, 4) is 0 Å². The van der Waals surface area contributed by atoms with E-state index in [0.29, 0.717) is 9.47 Å². The van der Waals surface area contributed by atoms with Crippen LogP contribution in [0.15, 0.2) is 11.0 Å². The smallest absolute Gasteiger partial charge is 0.384 e. The van der Waals surface area contributed by atoms with E-state index in [-0.39, 0.29) is 12.4 Å². The molecule has 2 N–H and O–H groups in total. The Labute approximate surface area is 156 Å². The lowest BCUT2D eigenvalue weighted by Gasteiger charge is -2.20. The summed E-state index contributed by atoms with van der Waals surface area (Å²) in [6.07, 6.45) is -10.8. The molecule has 0 bridgehead atoms. The van der Waals surface area contributed by atoms with E-state index < -0.39 is 65.6 Å². The molecule has 29 heavy (non-hydrogen) atoms. The van der Waals surface area contributed by atoms with Gasteiger partial charge in [-0.15, -0.1) is 0 Å². The first kappa shape index (κ1) is 22.3. The number of carbonyl (C=O) groups excluding carboxylic acids is 1. The van der Waals surface area contributed by atoms with Crippen molar-refractivity contribution in [3.05, 3.63) is 27.8 Å². The largest absolute Gasteiger partial charge is 0.455 e. The van der Waals surface area contributed by atoms with E-state index in [4.69, 9.17) is 5.41 Å². The third kappa shape index (κ3) is 4.07. The summed E-state index contributed by atoms with van der Waals surface area (Å²) in [6.45, 7) is -2.70. The number of anilines is 1. The molecular weight excluding hydrogens is 422 g/mol. The fourth-order valence-electron chi connectivity index (χ4n) is 2.34. The third-order valence-corrected chi connectivity index (χ3v) is 3.83. The Kier molecular flexibility index (Phi) is 5.47. The number of amides is 1. The van der Waals surface area contributed by atoms with Gasteiger partial charge in [-0.1, -0.05) is 0 Å². The molecule has 0 aromatic carbocycles. The minimum Gasteiger partial charge on any atom is -0.384 e. The molecule has 0 spiro atoms. The quantitative estimate of drug-likeness (QED) is 0.549. The van der Waals surface area contributed by atoms with Gasteiger partial charge in [0.15, 0.2) is 5.69 Å². The lowest BCUT2D eigenvalue weighted by atomic mass is 10.1. The van der Waals surface area contributed by atoms with Crippen LogP contribution in [0.1, 0.15) is 11.3 Å². The van der Waals surface area contributed by atoms with Gasteiger partial charge in [0.05, 0.1) is 12.1 Å². The van der Waals surface area contributed by atoms with Crippen LogP contribution in [0.25, 0.3) is 5.57 Å². The Morgan fingerprint density at radius 2 is 1.76 bits per heavy atom. The number of halogens is 8. The zero-order chi connectivity index (χ0) is 22.4. The standard InChI is InChI=1S/C14H11F8N5O2/c1-26-7(28)4-27-10(29)8(9(13(17,18)19)25-11(26)27)6(2-23)3-24-5-12(15,16)14(20,21)22/h2-3,23-24H,4-5H2,1H3/b6-3+,23-2?. The van der Waals surface area contributed by atoms with Gasteiger partial charge in [-0.2, -0.15) is 35.1 Å². The normalized spacial score (nSPS) is 15.6. The Morgan fingerprint density at radius 3 is 2.24 bits per heavy atom. The summed E-state index contributed by atoms with van der Waals surface area (Å²) in [6, 6.07) is 0. The molecule has 0 unspecified atom stereocenters. The second kappa shape index (κ2) is 7.11. The molecule has 1 aromatic rings. The van der Waals surface area contributed by atoms with Crippen molar-refractivity contribution in [2.75, 3.05) is 18.5 Å². The predicted octanol–water partition coefficient (Wildman–Crippen LogP) is 2.02. The first-order chi connectivity index (χ1) is 13.1. The Morgan fingerprint density at radius 1 is 1.17 bits per heavy atom. The van der Waals surface area contributed by atoms with Crippen LogP contribution in [0, 0.1) is 5.41 Å². The summed E-state index contributed by atoms with van der Waals surface area (Å²) in [5, 5.41) is 8.63. The molecule has 0 saturated carbocycles. The van der Waals surface area contributed by atoms with E-state index in [1.807, 2.05) is 0 Å². The minimum atomic E-state index is -5.92. The molecule has 2 heterocycles. The molecule has 7 nitrogen and oxygen atoms in total. The van der Waals surface area contributed by atoms with Crippen LogP contribution in [0.2, 0.25) is 0 Å². The molecule has 1 aliphatic rings. The second-order valence-electron chi connectivity index (χ2n) is 5.80. The van der Waals surface area contributed by atoms with Crippen LogP contribution in [-0.2, 0) is 17.5 Å². The maximum atomic E-state index is 13.4. The van der Waals surface area contributed by atoms with Crippen LogP contribution >= 0.6 is 0 Å². The monoisotopic (exact) mass is 433 g/mol. The predicted molar refractivity (Wildman–Crippen MR) is 82.7 cm³/mol. The van der Waals surface area contributed by atoms with Crippen LogP contribution in [0.3, 0.4) is 0 Å². The summed E-state index contributed by atoms with van der Waals surface area (Å²) in [5.74, 6) is -6.61. The van der Waals surface area contributed by atoms with Crippen LogP contribution in [-0.4, -0.2) is 47.4 Å².